The second-order valence-electron chi connectivity index (χ2n) is 9.31. The van der Waals surface area contributed by atoms with Gasteiger partial charge in [-0.15, -0.1) is 11.3 Å². The number of hydrogen-bond acceptors (Lipinski definition) is 3. The molecule has 8 rings (SSSR count). The minimum Gasteiger partial charge on any atom is -0.254 e. The Kier molecular flexibility index (Phi) is 4.21. The molecule has 172 valence electrons. The highest BCUT2D eigenvalue weighted by atomic mass is 32.1. The smallest absolute Gasteiger partial charge is 0.0972 e. The standard InChI is InChI=1S/C34H20N2S/c1-2-9-24-23(8-1)25(28-11-5-12-29-27-10-3-4-13-31(27)37-34(28)29)17-18-26(24)30-19-16-22-15-14-21-7-6-20-35-32(21)33(22)36-30/h1-20H/i13D. The molecule has 0 N–H and O–H groups in total. The summed E-state index contributed by atoms with van der Waals surface area (Å²) >= 11 is 1.71. The van der Waals surface area contributed by atoms with Crippen LogP contribution in [0.4, 0.5) is 0 Å². The maximum absolute atomic E-state index is 8.43. The van der Waals surface area contributed by atoms with Crippen LogP contribution in [0.2, 0.25) is 0 Å². The van der Waals surface area contributed by atoms with Gasteiger partial charge in [0, 0.05) is 48.3 Å². The van der Waals surface area contributed by atoms with E-state index >= 15 is 0 Å². The first kappa shape index (κ1) is 19.6. The van der Waals surface area contributed by atoms with Gasteiger partial charge in [-0.05, 0) is 34.5 Å². The molecule has 5 aromatic carbocycles. The molecule has 0 aliphatic carbocycles. The maximum Gasteiger partial charge on any atom is 0.0972 e. The van der Waals surface area contributed by atoms with Crippen molar-refractivity contribution < 1.29 is 1.37 Å². The lowest BCUT2D eigenvalue weighted by Gasteiger charge is -2.13. The second-order valence-corrected chi connectivity index (χ2v) is 10.3. The number of aromatic nitrogens is 2. The Labute approximate surface area is 218 Å². The fraction of sp³-hybridized carbons (Fsp3) is 0. The molecule has 37 heavy (non-hydrogen) atoms. The van der Waals surface area contributed by atoms with Crippen molar-refractivity contribution in [3.05, 3.63) is 121 Å². The van der Waals surface area contributed by atoms with Gasteiger partial charge in [-0.3, -0.25) is 4.98 Å². The molecular weight excluding hydrogens is 468 g/mol. The second kappa shape index (κ2) is 7.95. The number of benzene rings is 5. The topological polar surface area (TPSA) is 25.8 Å². The van der Waals surface area contributed by atoms with Crippen LogP contribution in [0.1, 0.15) is 1.37 Å². The number of nitrogens with zero attached hydrogens (tertiary/aromatic N) is 2. The summed E-state index contributed by atoms with van der Waals surface area (Å²) in [5.74, 6) is 0. The number of rotatable bonds is 2. The van der Waals surface area contributed by atoms with Crippen LogP contribution >= 0.6 is 11.3 Å². The van der Waals surface area contributed by atoms with E-state index in [1.807, 2.05) is 24.4 Å². The van der Waals surface area contributed by atoms with E-state index in [0.717, 1.165) is 43.1 Å². The van der Waals surface area contributed by atoms with Crippen LogP contribution in [0.5, 0.6) is 0 Å². The predicted molar refractivity (Wildman–Crippen MR) is 158 cm³/mol. The molecule has 8 aromatic rings. The molecule has 0 bridgehead atoms. The number of thiophene rings is 1. The van der Waals surface area contributed by atoms with Crippen molar-refractivity contribution in [2.45, 2.75) is 0 Å². The van der Waals surface area contributed by atoms with Gasteiger partial charge in [-0.2, -0.15) is 0 Å². The molecule has 0 aliphatic heterocycles. The Morgan fingerprint density at radius 3 is 2.19 bits per heavy atom. The summed E-state index contributed by atoms with van der Waals surface area (Å²) in [5.41, 5.74) is 6.30. The number of pyridine rings is 2. The lowest BCUT2D eigenvalue weighted by atomic mass is 9.93. The van der Waals surface area contributed by atoms with Gasteiger partial charge >= 0.3 is 0 Å². The van der Waals surface area contributed by atoms with Crippen molar-refractivity contribution in [2.24, 2.45) is 0 Å². The molecule has 0 atom stereocenters. The summed E-state index contributed by atoms with van der Waals surface area (Å²) in [6.45, 7) is 0. The largest absolute Gasteiger partial charge is 0.254 e. The molecular formula is C34H20N2S. The Bertz CT molecular complexity index is 2210. The molecule has 0 unspecified atom stereocenters. The molecule has 3 aromatic heterocycles. The summed E-state index contributed by atoms with van der Waals surface area (Å²) in [6.07, 6.45) is 1.83. The maximum atomic E-state index is 8.43. The van der Waals surface area contributed by atoms with E-state index in [2.05, 4.69) is 96.0 Å². The van der Waals surface area contributed by atoms with Crippen molar-refractivity contribution in [1.82, 2.24) is 9.97 Å². The lowest BCUT2D eigenvalue weighted by Crippen LogP contribution is -1.91. The van der Waals surface area contributed by atoms with Gasteiger partial charge in [0.1, 0.15) is 0 Å². The van der Waals surface area contributed by atoms with Crippen LogP contribution in [0.3, 0.4) is 0 Å². The normalized spacial score (nSPS) is 12.2. The minimum absolute atomic E-state index is 0.583. The van der Waals surface area contributed by atoms with Gasteiger partial charge < -0.3 is 0 Å². The van der Waals surface area contributed by atoms with E-state index in [4.69, 9.17) is 6.35 Å². The van der Waals surface area contributed by atoms with E-state index < -0.39 is 0 Å². The molecule has 0 fully saturated rings. The fourth-order valence-electron chi connectivity index (χ4n) is 5.52. The third kappa shape index (κ3) is 3.11. The quantitative estimate of drug-likeness (QED) is 0.226. The lowest BCUT2D eigenvalue weighted by molar-refractivity contribution is 1.37. The summed E-state index contributed by atoms with van der Waals surface area (Å²) < 4.78 is 10.7. The van der Waals surface area contributed by atoms with Crippen molar-refractivity contribution in [3.63, 3.8) is 0 Å². The van der Waals surface area contributed by atoms with E-state index in [-0.39, 0.29) is 0 Å². The van der Waals surface area contributed by atoms with Crippen molar-refractivity contribution in [2.75, 3.05) is 0 Å². The van der Waals surface area contributed by atoms with Gasteiger partial charge in [0.25, 0.3) is 0 Å². The first-order valence-corrected chi connectivity index (χ1v) is 13.2. The Balaban J connectivity index is 1.38. The molecule has 0 saturated heterocycles. The fourth-order valence-corrected chi connectivity index (χ4v) is 6.72. The van der Waals surface area contributed by atoms with Crippen LogP contribution in [-0.2, 0) is 0 Å². The van der Waals surface area contributed by atoms with Crippen LogP contribution in [-0.4, -0.2) is 9.97 Å². The highest BCUT2D eigenvalue weighted by molar-refractivity contribution is 7.26. The molecule has 3 heterocycles. The number of hydrogen-bond donors (Lipinski definition) is 0. The van der Waals surface area contributed by atoms with Gasteiger partial charge in [0.15, 0.2) is 0 Å². The van der Waals surface area contributed by atoms with Gasteiger partial charge in [0.05, 0.1) is 18.1 Å². The van der Waals surface area contributed by atoms with Crippen molar-refractivity contribution >= 4 is 64.1 Å². The van der Waals surface area contributed by atoms with E-state index in [1.165, 1.54) is 32.0 Å². The summed E-state index contributed by atoms with van der Waals surface area (Å²) in [7, 11) is 0. The Hall–Kier alpha value is -4.60. The molecule has 0 saturated carbocycles. The van der Waals surface area contributed by atoms with E-state index in [1.54, 1.807) is 11.3 Å². The molecule has 2 nitrogen and oxygen atoms in total. The van der Waals surface area contributed by atoms with Crippen LogP contribution < -0.4 is 0 Å². The average molecular weight is 490 g/mol. The monoisotopic (exact) mass is 489 g/mol. The van der Waals surface area contributed by atoms with Crippen LogP contribution in [0, 0.1) is 0 Å². The van der Waals surface area contributed by atoms with Crippen molar-refractivity contribution in [3.8, 4) is 22.4 Å². The van der Waals surface area contributed by atoms with E-state index in [0.29, 0.717) is 6.04 Å². The van der Waals surface area contributed by atoms with Crippen LogP contribution in [0.15, 0.2) is 121 Å². The van der Waals surface area contributed by atoms with Gasteiger partial charge in [-0.1, -0.05) is 97.1 Å². The summed E-state index contributed by atoms with van der Waals surface area (Å²) in [6, 6.07) is 38.6. The highest BCUT2D eigenvalue weighted by Gasteiger charge is 2.15. The predicted octanol–water partition coefficient (Wildman–Crippen LogP) is 9.64. The highest BCUT2D eigenvalue weighted by Crippen LogP contribution is 2.43. The molecule has 0 amide bonds. The van der Waals surface area contributed by atoms with Crippen molar-refractivity contribution in [1.29, 1.82) is 0 Å². The first-order chi connectivity index (χ1) is 18.8. The third-order valence-corrected chi connectivity index (χ3v) is 8.44. The zero-order valence-electron chi connectivity index (χ0n) is 20.8. The minimum atomic E-state index is 0.583. The molecule has 0 spiro atoms. The zero-order valence-corrected chi connectivity index (χ0v) is 20.6. The van der Waals surface area contributed by atoms with Crippen LogP contribution in [0.25, 0.3) is 75.1 Å². The molecule has 3 heteroatoms. The number of fused-ring (bicyclic) bond motifs is 7. The van der Waals surface area contributed by atoms with E-state index in [9.17, 15) is 0 Å². The zero-order chi connectivity index (χ0) is 25.2. The Morgan fingerprint density at radius 2 is 1.27 bits per heavy atom. The first-order valence-electron chi connectivity index (χ1n) is 12.8. The van der Waals surface area contributed by atoms with Gasteiger partial charge in [0.2, 0.25) is 0 Å². The molecule has 0 aliphatic rings. The third-order valence-electron chi connectivity index (χ3n) is 7.25. The Morgan fingerprint density at radius 1 is 0.541 bits per heavy atom. The summed E-state index contributed by atoms with van der Waals surface area (Å²) in [4.78, 5) is 9.77. The SMILES string of the molecule is [2H]c1cccc2c1sc1c(-c3ccc(-c4ccc5ccc6cccnc6c5n4)c4ccccc34)cccc12. The van der Waals surface area contributed by atoms with Gasteiger partial charge in [-0.25, -0.2) is 4.98 Å². The summed E-state index contributed by atoms with van der Waals surface area (Å²) in [5, 5.41) is 6.91. The average Bonchev–Trinajstić information content (AvgIpc) is 3.37. The molecule has 0 radical (unpaired) electrons.